The molecule has 2 aromatic carbocycles. The molecule has 6 nitrogen and oxygen atoms in total. The fourth-order valence-corrected chi connectivity index (χ4v) is 3.15. The van der Waals surface area contributed by atoms with Gasteiger partial charge in [-0.25, -0.2) is 0 Å². The lowest BCUT2D eigenvalue weighted by Gasteiger charge is -2.22. The van der Waals surface area contributed by atoms with Crippen LogP contribution >= 0.6 is 0 Å². The summed E-state index contributed by atoms with van der Waals surface area (Å²) in [6, 6.07) is 15.4. The number of aromatic nitrogens is 2. The van der Waals surface area contributed by atoms with Gasteiger partial charge in [0.05, 0.1) is 0 Å². The molecule has 1 aliphatic rings. The molecule has 1 aliphatic heterocycles. The molecule has 1 atom stereocenters. The summed E-state index contributed by atoms with van der Waals surface area (Å²) in [6.45, 7) is 2.05. The van der Waals surface area contributed by atoms with Crippen LogP contribution in [0.25, 0.3) is 11.5 Å². The lowest BCUT2D eigenvalue weighted by atomic mass is 10.1. The van der Waals surface area contributed by atoms with Gasteiger partial charge in [-0.2, -0.15) is 0 Å². The van der Waals surface area contributed by atoms with E-state index >= 15 is 0 Å². The Labute approximate surface area is 145 Å². The Morgan fingerprint density at radius 3 is 2.80 bits per heavy atom. The molecule has 3 aromatic rings. The maximum atomic E-state index is 12.6. The van der Waals surface area contributed by atoms with E-state index in [2.05, 4.69) is 23.2 Å². The molecule has 0 spiro atoms. The summed E-state index contributed by atoms with van der Waals surface area (Å²) in [5.41, 5.74) is 2.99. The van der Waals surface area contributed by atoms with Gasteiger partial charge in [0.2, 0.25) is 12.3 Å². The standard InChI is InChI=1S/C19H17N3O3/c1-13-10-15-4-2-3-5-17(15)22(13)18(23)11-24-16-8-6-14(7-9-16)19-21-20-12-25-19/h2-9,12-13H,10-11H2,1H3/t13-/m1/s1. The highest BCUT2D eigenvalue weighted by molar-refractivity contribution is 5.97. The predicted octanol–water partition coefficient (Wildman–Crippen LogP) is 3.09. The molecular weight excluding hydrogens is 318 g/mol. The van der Waals surface area contributed by atoms with E-state index < -0.39 is 0 Å². The fraction of sp³-hybridized carbons (Fsp3) is 0.211. The highest BCUT2D eigenvalue weighted by atomic mass is 16.5. The van der Waals surface area contributed by atoms with Crippen molar-refractivity contribution in [3.05, 3.63) is 60.5 Å². The van der Waals surface area contributed by atoms with Crippen LogP contribution < -0.4 is 9.64 Å². The monoisotopic (exact) mass is 335 g/mol. The highest BCUT2D eigenvalue weighted by Crippen LogP contribution is 2.31. The number of carbonyl (C=O) groups excluding carboxylic acids is 1. The lowest BCUT2D eigenvalue weighted by Crippen LogP contribution is -2.39. The predicted molar refractivity (Wildman–Crippen MR) is 92.3 cm³/mol. The third-order valence-corrected chi connectivity index (χ3v) is 4.30. The first kappa shape index (κ1) is 15.4. The number of ether oxygens (including phenoxy) is 1. The van der Waals surface area contributed by atoms with Crippen LogP contribution in [-0.4, -0.2) is 28.8 Å². The van der Waals surface area contributed by atoms with E-state index in [9.17, 15) is 4.79 Å². The number of hydrogen-bond donors (Lipinski definition) is 0. The number of hydrogen-bond acceptors (Lipinski definition) is 5. The number of rotatable bonds is 4. The van der Waals surface area contributed by atoms with Crippen molar-refractivity contribution in [2.75, 3.05) is 11.5 Å². The molecule has 0 saturated heterocycles. The maximum absolute atomic E-state index is 12.6. The second-order valence-corrected chi connectivity index (χ2v) is 6.00. The highest BCUT2D eigenvalue weighted by Gasteiger charge is 2.30. The Balaban J connectivity index is 1.42. The SMILES string of the molecule is C[C@@H]1Cc2ccccc2N1C(=O)COc1ccc(-c2nnco2)cc1. The molecule has 1 amide bonds. The van der Waals surface area contributed by atoms with Gasteiger partial charge in [0.15, 0.2) is 6.61 Å². The first-order chi connectivity index (χ1) is 12.2. The third kappa shape index (κ3) is 2.98. The van der Waals surface area contributed by atoms with E-state index in [0.717, 1.165) is 17.7 Å². The van der Waals surface area contributed by atoms with Gasteiger partial charge in [-0.3, -0.25) is 4.79 Å². The summed E-state index contributed by atoms with van der Waals surface area (Å²) >= 11 is 0. The van der Waals surface area contributed by atoms with Gasteiger partial charge in [0, 0.05) is 17.3 Å². The largest absolute Gasteiger partial charge is 0.484 e. The summed E-state index contributed by atoms with van der Waals surface area (Å²) in [5, 5.41) is 7.51. The van der Waals surface area contributed by atoms with Crippen LogP contribution in [0.3, 0.4) is 0 Å². The van der Waals surface area contributed by atoms with Crippen molar-refractivity contribution in [3.8, 4) is 17.2 Å². The van der Waals surface area contributed by atoms with Crippen LogP contribution in [0.1, 0.15) is 12.5 Å². The number of carbonyl (C=O) groups is 1. The van der Waals surface area contributed by atoms with Crippen LogP contribution in [0.4, 0.5) is 5.69 Å². The summed E-state index contributed by atoms with van der Waals surface area (Å²) in [5.74, 6) is 1.03. The smallest absolute Gasteiger partial charge is 0.265 e. The van der Waals surface area contributed by atoms with Crippen molar-refractivity contribution < 1.29 is 13.9 Å². The molecule has 0 aliphatic carbocycles. The number of amides is 1. The average Bonchev–Trinajstić information content (AvgIpc) is 3.27. The molecule has 0 unspecified atom stereocenters. The number of nitrogens with zero attached hydrogens (tertiary/aromatic N) is 3. The molecule has 2 heterocycles. The molecule has 0 radical (unpaired) electrons. The van der Waals surface area contributed by atoms with Crippen molar-refractivity contribution in [2.45, 2.75) is 19.4 Å². The van der Waals surface area contributed by atoms with Crippen LogP contribution in [0.2, 0.25) is 0 Å². The number of anilines is 1. The van der Waals surface area contributed by atoms with Crippen molar-refractivity contribution in [2.24, 2.45) is 0 Å². The van der Waals surface area contributed by atoms with E-state index in [1.165, 1.54) is 12.0 Å². The second kappa shape index (κ2) is 6.39. The molecule has 126 valence electrons. The Bertz CT molecular complexity index is 875. The fourth-order valence-electron chi connectivity index (χ4n) is 3.15. The van der Waals surface area contributed by atoms with Gasteiger partial charge >= 0.3 is 0 Å². The average molecular weight is 335 g/mol. The van der Waals surface area contributed by atoms with Gasteiger partial charge in [0.1, 0.15) is 5.75 Å². The molecular formula is C19H17N3O3. The maximum Gasteiger partial charge on any atom is 0.265 e. The second-order valence-electron chi connectivity index (χ2n) is 6.00. The zero-order valence-electron chi connectivity index (χ0n) is 13.8. The van der Waals surface area contributed by atoms with Crippen LogP contribution in [-0.2, 0) is 11.2 Å². The van der Waals surface area contributed by atoms with Gasteiger partial charge in [-0.15, -0.1) is 10.2 Å². The Kier molecular flexibility index (Phi) is 3.93. The van der Waals surface area contributed by atoms with Gasteiger partial charge in [-0.1, -0.05) is 18.2 Å². The number of para-hydroxylation sites is 1. The molecule has 25 heavy (non-hydrogen) atoms. The molecule has 0 N–H and O–H groups in total. The normalized spacial score (nSPS) is 15.9. The molecule has 1 aromatic heterocycles. The van der Waals surface area contributed by atoms with Gasteiger partial charge < -0.3 is 14.1 Å². The number of fused-ring (bicyclic) bond motifs is 1. The molecule has 0 fully saturated rings. The van der Waals surface area contributed by atoms with E-state index in [1.54, 1.807) is 12.1 Å². The van der Waals surface area contributed by atoms with Crippen LogP contribution in [0, 0.1) is 0 Å². The van der Waals surface area contributed by atoms with Crippen LogP contribution in [0.5, 0.6) is 5.75 Å². The molecule has 6 heteroatoms. The Morgan fingerprint density at radius 2 is 2.04 bits per heavy atom. The molecule has 0 bridgehead atoms. The first-order valence-electron chi connectivity index (χ1n) is 8.12. The minimum atomic E-state index is -0.0431. The number of benzene rings is 2. The topological polar surface area (TPSA) is 68.5 Å². The third-order valence-electron chi connectivity index (χ3n) is 4.30. The van der Waals surface area contributed by atoms with Crippen molar-refractivity contribution in [1.82, 2.24) is 10.2 Å². The minimum Gasteiger partial charge on any atom is -0.484 e. The summed E-state index contributed by atoms with van der Waals surface area (Å²) in [6.07, 6.45) is 2.16. The zero-order valence-corrected chi connectivity index (χ0v) is 13.8. The summed E-state index contributed by atoms with van der Waals surface area (Å²) < 4.78 is 10.8. The van der Waals surface area contributed by atoms with Crippen molar-refractivity contribution in [1.29, 1.82) is 0 Å². The van der Waals surface area contributed by atoms with Gasteiger partial charge in [-0.05, 0) is 49.2 Å². The van der Waals surface area contributed by atoms with Gasteiger partial charge in [0.25, 0.3) is 5.91 Å². The minimum absolute atomic E-state index is 0.00141. The quantitative estimate of drug-likeness (QED) is 0.733. The lowest BCUT2D eigenvalue weighted by molar-refractivity contribution is -0.120. The van der Waals surface area contributed by atoms with Crippen molar-refractivity contribution in [3.63, 3.8) is 0 Å². The molecule has 0 saturated carbocycles. The molecule has 4 rings (SSSR count). The van der Waals surface area contributed by atoms with Crippen molar-refractivity contribution >= 4 is 11.6 Å². The van der Waals surface area contributed by atoms with Crippen LogP contribution in [0.15, 0.2) is 59.3 Å². The van der Waals surface area contributed by atoms with E-state index in [1.807, 2.05) is 35.2 Å². The zero-order chi connectivity index (χ0) is 17.2. The van der Waals surface area contributed by atoms with E-state index in [-0.39, 0.29) is 18.6 Å². The Hall–Kier alpha value is -3.15. The summed E-state index contributed by atoms with van der Waals surface area (Å²) in [4.78, 5) is 14.4. The summed E-state index contributed by atoms with van der Waals surface area (Å²) in [7, 11) is 0. The Morgan fingerprint density at radius 1 is 1.24 bits per heavy atom. The first-order valence-corrected chi connectivity index (χ1v) is 8.12. The van der Waals surface area contributed by atoms with E-state index in [4.69, 9.17) is 9.15 Å². The van der Waals surface area contributed by atoms with E-state index in [0.29, 0.717) is 11.6 Å².